The van der Waals surface area contributed by atoms with Gasteiger partial charge in [-0.25, -0.2) is 0 Å². The molecule has 4 aromatic rings. The van der Waals surface area contributed by atoms with Crippen LogP contribution in [0.25, 0.3) is 0 Å². The minimum absolute atomic E-state index is 0. The van der Waals surface area contributed by atoms with E-state index in [1.54, 1.807) is 42.5 Å². The van der Waals surface area contributed by atoms with Gasteiger partial charge < -0.3 is 39.9 Å². The maximum atomic E-state index is 12.5. The average Bonchev–Trinajstić information content (AvgIpc) is 3.43. The topological polar surface area (TPSA) is 34.1 Å². The van der Waals surface area contributed by atoms with Gasteiger partial charge in [-0.05, 0) is 16.7 Å². The first kappa shape index (κ1) is 20.3. The van der Waals surface area contributed by atoms with E-state index in [-0.39, 0.29) is 28.6 Å². The molecule has 140 valence electrons. The third-order valence-corrected chi connectivity index (χ3v) is 3.93. The van der Waals surface area contributed by atoms with E-state index in [4.69, 9.17) is 0 Å². The Balaban J connectivity index is 0.000000379. The van der Waals surface area contributed by atoms with Crippen molar-refractivity contribution in [3.63, 3.8) is 0 Å². The van der Waals surface area contributed by atoms with E-state index in [1.165, 1.54) is 0 Å². The Morgan fingerprint density at radius 1 is 0.630 bits per heavy atom. The Bertz CT molecular complexity index is 869. The van der Waals surface area contributed by atoms with Crippen molar-refractivity contribution < 1.29 is 26.7 Å². The summed E-state index contributed by atoms with van der Waals surface area (Å²) in [5, 5.41) is 0. The van der Waals surface area contributed by atoms with Gasteiger partial charge in [-0.2, -0.15) is 6.07 Å². The van der Waals surface area contributed by atoms with E-state index < -0.39 is 0 Å². The molecule has 0 amide bonds. The van der Waals surface area contributed by atoms with Crippen LogP contribution in [-0.4, -0.2) is 11.6 Å². The van der Waals surface area contributed by atoms with Gasteiger partial charge in [-0.3, -0.25) is 0 Å². The Morgan fingerprint density at radius 3 is 1.63 bits per heavy atom. The Morgan fingerprint density at radius 2 is 1.11 bits per heavy atom. The second-order valence-corrected chi connectivity index (χ2v) is 5.71. The van der Waals surface area contributed by atoms with Crippen molar-refractivity contribution in [2.24, 2.45) is 0 Å². The molecule has 0 bridgehead atoms. The molecule has 0 saturated carbocycles. The van der Waals surface area contributed by atoms with Crippen LogP contribution < -0.4 is 0 Å². The fourth-order valence-corrected chi connectivity index (χ4v) is 2.63. The van der Waals surface area contributed by atoms with Crippen molar-refractivity contribution in [2.75, 3.05) is 0 Å². The van der Waals surface area contributed by atoms with Crippen molar-refractivity contribution in [2.45, 2.75) is 0 Å². The average molecular weight is 394 g/mol. The molecular formula is C24H18FeO2-6. The van der Waals surface area contributed by atoms with Gasteiger partial charge in [-0.1, -0.05) is 66.2 Å². The van der Waals surface area contributed by atoms with Gasteiger partial charge >= 0.3 is 0 Å². The van der Waals surface area contributed by atoms with Crippen LogP contribution in [0.5, 0.6) is 0 Å². The Hall–Kier alpha value is -3.00. The number of rotatable bonds is 4. The minimum Gasteiger partial charge on any atom is -0.748 e. The summed E-state index contributed by atoms with van der Waals surface area (Å²) in [4.78, 5) is 25.0. The van der Waals surface area contributed by atoms with Crippen molar-refractivity contribution in [3.8, 4) is 0 Å². The van der Waals surface area contributed by atoms with Crippen LogP contribution in [0.15, 0.2) is 109 Å². The molecule has 0 radical (unpaired) electrons. The van der Waals surface area contributed by atoms with E-state index in [1.807, 2.05) is 66.7 Å². The second kappa shape index (κ2) is 10.2. The van der Waals surface area contributed by atoms with Gasteiger partial charge in [0, 0.05) is 17.1 Å². The van der Waals surface area contributed by atoms with Crippen molar-refractivity contribution in [3.05, 3.63) is 131 Å². The molecule has 0 N–H and O–H groups in total. The molecule has 4 aromatic carbocycles. The molecule has 0 aromatic heterocycles. The number of carbonyl (C=O) groups is 2. The first-order chi connectivity index (χ1) is 12.8. The van der Waals surface area contributed by atoms with Crippen molar-refractivity contribution in [1.82, 2.24) is 0 Å². The molecule has 0 heterocycles. The standard InChI is InChI=1S/C19H13O2.C5H5.Fe/c20-18(14-8-3-1-4-9-14)16-12-7-13-17(16)19(21)15-10-5-2-6-11-15;1-2-4-5-3-1;/h1-13H;1-5H;/q-1;-5;. The van der Waals surface area contributed by atoms with Crippen LogP contribution in [0, 0.1) is 0 Å². The normalized spacial score (nSPS) is 9.48. The molecule has 4 rings (SSSR count). The molecule has 27 heavy (non-hydrogen) atoms. The van der Waals surface area contributed by atoms with Crippen LogP contribution in [0.1, 0.15) is 31.8 Å². The van der Waals surface area contributed by atoms with E-state index in [9.17, 15) is 9.59 Å². The molecule has 0 aliphatic heterocycles. The molecule has 0 aliphatic rings. The zero-order valence-corrected chi connectivity index (χ0v) is 15.7. The SMILES string of the molecule is O=C(c1ccccc1)c1ccc[c-]1C(=O)c1ccccc1.[Fe].[cH-]1[cH-][cH-][cH-][cH-]1. The first-order valence-corrected chi connectivity index (χ1v) is 8.39. The van der Waals surface area contributed by atoms with Gasteiger partial charge in [-0.15, -0.1) is 12.1 Å². The maximum absolute atomic E-state index is 12.5. The zero-order valence-electron chi connectivity index (χ0n) is 14.6. The van der Waals surface area contributed by atoms with Gasteiger partial charge in [0.1, 0.15) is 11.6 Å². The van der Waals surface area contributed by atoms with Crippen molar-refractivity contribution in [1.29, 1.82) is 0 Å². The van der Waals surface area contributed by atoms with E-state index in [2.05, 4.69) is 0 Å². The second-order valence-electron chi connectivity index (χ2n) is 5.71. The van der Waals surface area contributed by atoms with Crippen LogP contribution >= 0.6 is 0 Å². The molecule has 2 nitrogen and oxygen atoms in total. The molecule has 0 fully saturated rings. The van der Waals surface area contributed by atoms with E-state index >= 15 is 0 Å². The smallest absolute Gasteiger partial charge is 0.128 e. The largest absolute Gasteiger partial charge is 0.748 e. The number of ketones is 2. The van der Waals surface area contributed by atoms with Crippen molar-refractivity contribution >= 4 is 11.6 Å². The Kier molecular flexibility index (Phi) is 7.69. The Labute approximate surface area is 169 Å². The van der Waals surface area contributed by atoms with Crippen LogP contribution in [-0.2, 0) is 17.1 Å². The molecule has 0 atom stereocenters. The fourth-order valence-electron chi connectivity index (χ4n) is 2.63. The number of benzene rings is 2. The minimum atomic E-state index is -0.125. The number of hydrogen-bond acceptors (Lipinski definition) is 2. The zero-order chi connectivity index (χ0) is 18.2. The summed E-state index contributed by atoms with van der Waals surface area (Å²) in [6.45, 7) is 0. The fraction of sp³-hybridized carbons (Fsp3) is 0. The first-order valence-electron chi connectivity index (χ1n) is 8.39. The third kappa shape index (κ3) is 5.24. The third-order valence-electron chi connectivity index (χ3n) is 3.93. The molecule has 0 unspecified atom stereocenters. The predicted molar refractivity (Wildman–Crippen MR) is 104 cm³/mol. The summed E-state index contributed by atoms with van der Waals surface area (Å²) in [5.74, 6) is -0.250. The van der Waals surface area contributed by atoms with Crippen LogP contribution in [0.4, 0.5) is 0 Å². The number of hydrogen-bond donors (Lipinski definition) is 0. The quantitative estimate of drug-likeness (QED) is 0.269. The molecule has 0 aliphatic carbocycles. The van der Waals surface area contributed by atoms with E-state index in [0.717, 1.165) is 0 Å². The molecule has 3 heteroatoms. The number of carbonyl (C=O) groups excluding carboxylic acids is 2. The maximum Gasteiger partial charge on any atom is 0.128 e. The van der Waals surface area contributed by atoms with Crippen LogP contribution in [0.2, 0.25) is 0 Å². The van der Waals surface area contributed by atoms with Gasteiger partial charge in [0.05, 0.1) is 0 Å². The molecule has 0 saturated heterocycles. The van der Waals surface area contributed by atoms with E-state index in [0.29, 0.717) is 22.3 Å². The summed E-state index contributed by atoms with van der Waals surface area (Å²) in [6.07, 6.45) is 0. The molecular weight excluding hydrogens is 376 g/mol. The summed E-state index contributed by atoms with van der Waals surface area (Å²) in [6, 6.07) is 33.1. The van der Waals surface area contributed by atoms with Gasteiger partial charge in [0.25, 0.3) is 0 Å². The van der Waals surface area contributed by atoms with Gasteiger partial charge in [0.15, 0.2) is 0 Å². The summed E-state index contributed by atoms with van der Waals surface area (Å²) in [5.41, 5.74) is 2.08. The predicted octanol–water partition coefficient (Wildman–Crippen LogP) is 5.27. The monoisotopic (exact) mass is 394 g/mol. The summed E-state index contributed by atoms with van der Waals surface area (Å²) < 4.78 is 0. The summed E-state index contributed by atoms with van der Waals surface area (Å²) in [7, 11) is 0. The molecule has 0 spiro atoms. The van der Waals surface area contributed by atoms with Gasteiger partial charge in [0.2, 0.25) is 0 Å². The van der Waals surface area contributed by atoms with Crippen LogP contribution in [0.3, 0.4) is 0 Å². The summed E-state index contributed by atoms with van der Waals surface area (Å²) >= 11 is 0.